The molecule has 2 N–H and O–H groups in total. The van der Waals surface area contributed by atoms with E-state index in [1.165, 1.54) is 12.4 Å². The highest BCUT2D eigenvalue weighted by atomic mass is 35.5. The minimum absolute atomic E-state index is 0.0577. The molecule has 2 amide bonds. The fraction of sp³-hybridized carbons (Fsp3) is 0.192. The van der Waals surface area contributed by atoms with Gasteiger partial charge < -0.3 is 24.8 Å². The highest BCUT2D eigenvalue weighted by Crippen LogP contribution is 2.36. The molecule has 4 aromatic rings. The molecular weight excluding hydrogens is 525 g/mol. The summed E-state index contributed by atoms with van der Waals surface area (Å²) in [7, 11) is 0. The van der Waals surface area contributed by atoms with E-state index >= 15 is 0 Å². The lowest BCUT2D eigenvalue weighted by Crippen LogP contribution is -2.19. The van der Waals surface area contributed by atoms with Gasteiger partial charge in [0.2, 0.25) is 5.88 Å². The molecule has 8 nitrogen and oxygen atoms in total. The van der Waals surface area contributed by atoms with Gasteiger partial charge in [-0.05, 0) is 61.5 Å². The molecule has 4 rings (SSSR count). The molecule has 3 aromatic carbocycles. The van der Waals surface area contributed by atoms with Gasteiger partial charge in [-0.15, -0.1) is 0 Å². The molecule has 0 radical (unpaired) electrons. The number of ether oxygens (including phenoxy) is 3. The Bertz CT molecular complexity index is 1420. The van der Waals surface area contributed by atoms with Crippen LogP contribution in [0.25, 0.3) is 10.9 Å². The van der Waals surface area contributed by atoms with E-state index in [1.807, 2.05) is 6.92 Å². The number of carbonyl (C=O) groups is 1. The van der Waals surface area contributed by atoms with Crippen molar-refractivity contribution in [3.05, 3.63) is 77.6 Å². The van der Waals surface area contributed by atoms with Crippen LogP contribution in [0.15, 0.2) is 67.0 Å². The number of hydrogen-bond donors (Lipinski definition) is 2. The Hall–Kier alpha value is -4.09. The molecule has 0 saturated carbocycles. The summed E-state index contributed by atoms with van der Waals surface area (Å²) < 4.78 is 55.9. The van der Waals surface area contributed by atoms with Crippen LogP contribution >= 0.6 is 11.6 Å². The highest BCUT2D eigenvalue weighted by molar-refractivity contribution is 6.31. The zero-order valence-electron chi connectivity index (χ0n) is 20.0. The molecule has 0 aliphatic rings. The summed E-state index contributed by atoms with van der Waals surface area (Å²) in [4.78, 5) is 20.7. The number of urea groups is 1. The molecular formula is C26H22ClF3N4O4. The first-order chi connectivity index (χ1) is 18.2. The fourth-order valence-corrected chi connectivity index (χ4v) is 3.60. The van der Waals surface area contributed by atoms with Crippen molar-refractivity contribution in [3.63, 3.8) is 0 Å². The van der Waals surface area contributed by atoms with E-state index in [2.05, 4.69) is 20.6 Å². The van der Waals surface area contributed by atoms with Crippen molar-refractivity contribution in [2.24, 2.45) is 0 Å². The van der Waals surface area contributed by atoms with Crippen LogP contribution in [0.5, 0.6) is 17.4 Å². The van der Waals surface area contributed by atoms with Gasteiger partial charge >= 0.3 is 12.2 Å². The molecule has 38 heavy (non-hydrogen) atoms. The first-order valence-electron chi connectivity index (χ1n) is 11.4. The van der Waals surface area contributed by atoms with Crippen molar-refractivity contribution >= 4 is 39.9 Å². The number of fused-ring (bicyclic) bond motifs is 1. The van der Waals surface area contributed by atoms with E-state index < -0.39 is 22.8 Å². The Morgan fingerprint density at radius 3 is 2.37 bits per heavy atom. The van der Waals surface area contributed by atoms with Crippen molar-refractivity contribution in [1.82, 2.24) is 9.97 Å². The summed E-state index contributed by atoms with van der Waals surface area (Å²) in [5.41, 5.74) is -0.0744. The number of hydrogen-bond acceptors (Lipinski definition) is 6. The van der Waals surface area contributed by atoms with Crippen LogP contribution < -0.4 is 20.1 Å². The van der Waals surface area contributed by atoms with Gasteiger partial charge in [-0.1, -0.05) is 11.6 Å². The minimum Gasteiger partial charge on any atom is -0.491 e. The van der Waals surface area contributed by atoms with Crippen LogP contribution in [0.4, 0.5) is 29.3 Å². The standard InChI is InChI=1S/C26H22ClF3N4O4/c1-2-36-11-12-37-19-8-9-20-23(14-19)31-15-32-24(20)38-18-6-3-16(4-7-18)33-25(35)34-17-5-10-22(27)21(13-17)26(28,29)30/h3-10,13-15H,2,11-12H2,1H3,(H2,33,34,35). The molecule has 1 heterocycles. The molecule has 198 valence electrons. The SMILES string of the molecule is CCOCCOc1ccc2c(Oc3ccc(NC(=O)Nc4ccc(Cl)c(C(F)(F)F)c4)cc3)ncnc2c1. The topological polar surface area (TPSA) is 94.6 Å². The maximum absolute atomic E-state index is 13.0. The van der Waals surface area contributed by atoms with Crippen molar-refractivity contribution in [2.45, 2.75) is 13.1 Å². The monoisotopic (exact) mass is 546 g/mol. The third-order valence-corrected chi connectivity index (χ3v) is 5.46. The maximum Gasteiger partial charge on any atom is 0.417 e. The molecule has 0 aliphatic heterocycles. The summed E-state index contributed by atoms with van der Waals surface area (Å²) in [6, 6.07) is 14.1. The van der Waals surface area contributed by atoms with Gasteiger partial charge in [0.05, 0.1) is 28.1 Å². The van der Waals surface area contributed by atoms with E-state index in [4.69, 9.17) is 25.8 Å². The van der Waals surface area contributed by atoms with Crippen molar-refractivity contribution in [2.75, 3.05) is 30.5 Å². The summed E-state index contributed by atoms with van der Waals surface area (Å²) in [6.07, 6.45) is -3.27. The fourth-order valence-electron chi connectivity index (χ4n) is 3.38. The second kappa shape index (κ2) is 12.0. The van der Waals surface area contributed by atoms with Crippen molar-refractivity contribution in [1.29, 1.82) is 0 Å². The number of rotatable bonds is 9. The Balaban J connectivity index is 1.38. The van der Waals surface area contributed by atoms with Crippen molar-refractivity contribution in [3.8, 4) is 17.4 Å². The Morgan fingerprint density at radius 2 is 1.63 bits per heavy atom. The van der Waals surface area contributed by atoms with Crippen LogP contribution in [0.2, 0.25) is 5.02 Å². The number of nitrogens with zero attached hydrogens (tertiary/aromatic N) is 2. The van der Waals surface area contributed by atoms with Crippen LogP contribution in [0.1, 0.15) is 12.5 Å². The van der Waals surface area contributed by atoms with E-state index in [9.17, 15) is 18.0 Å². The van der Waals surface area contributed by atoms with Crippen LogP contribution in [0, 0.1) is 0 Å². The lowest BCUT2D eigenvalue weighted by Gasteiger charge is -2.13. The number of amides is 2. The van der Waals surface area contributed by atoms with E-state index in [0.717, 1.165) is 12.1 Å². The number of anilines is 2. The second-order valence-electron chi connectivity index (χ2n) is 7.80. The number of aromatic nitrogens is 2. The molecule has 0 fully saturated rings. The lowest BCUT2D eigenvalue weighted by molar-refractivity contribution is -0.137. The first-order valence-corrected chi connectivity index (χ1v) is 11.8. The Morgan fingerprint density at radius 1 is 0.921 bits per heavy atom. The molecule has 0 aliphatic carbocycles. The normalized spacial score (nSPS) is 11.3. The van der Waals surface area contributed by atoms with E-state index in [0.29, 0.717) is 53.8 Å². The quantitative estimate of drug-likeness (QED) is 0.216. The number of alkyl halides is 3. The van der Waals surface area contributed by atoms with E-state index in [1.54, 1.807) is 42.5 Å². The second-order valence-corrected chi connectivity index (χ2v) is 8.21. The largest absolute Gasteiger partial charge is 0.491 e. The summed E-state index contributed by atoms with van der Waals surface area (Å²) in [5, 5.41) is 5.12. The predicted molar refractivity (Wildman–Crippen MR) is 137 cm³/mol. The summed E-state index contributed by atoms with van der Waals surface area (Å²) in [6.45, 7) is 3.44. The van der Waals surface area contributed by atoms with Crippen LogP contribution in [0.3, 0.4) is 0 Å². The first kappa shape index (κ1) is 27.0. The average molecular weight is 547 g/mol. The van der Waals surface area contributed by atoms with Gasteiger partial charge in [0.15, 0.2) is 0 Å². The minimum atomic E-state index is -4.64. The molecule has 0 saturated heterocycles. The zero-order valence-corrected chi connectivity index (χ0v) is 20.8. The van der Waals surface area contributed by atoms with Gasteiger partial charge in [-0.2, -0.15) is 13.2 Å². The number of carbonyl (C=O) groups excluding carboxylic acids is 1. The molecule has 1 aromatic heterocycles. The highest BCUT2D eigenvalue weighted by Gasteiger charge is 2.33. The molecule has 0 bridgehead atoms. The molecule has 0 spiro atoms. The predicted octanol–water partition coefficient (Wildman–Crippen LogP) is 7.15. The zero-order chi connectivity index (χ0) is 27.1. The lowest BCUT2D eigenvalue weighted by atomic mass is 10.2. The van der Waals surface area contributed by atoms with Gasteiger partial charge in [0.1, 0.15) is 24.4 Å². The van der Waals surface area contributed by atoms with Gasteiger partial charge in [0.25, 0.3) is 0 Å². The number of benzene rings is 3. The number of nitrogens with one attached hydrogen (secondary N) is 2. The molecule has 12 heteroatoms. The molecule has 0 atom stereocenters. The smallest absolute Gasteiger partial charge is 0.417 e. The van der Waals surface area contributed by atoms with Gasteiger partial charge in [-0.25, -0.2) is 14.8 Å². The average Bonchev–Trinajstić information content (AvgIpc) is 2.88. The van der Waals surface area contributed by atoms with E-state index in [-0.39, 0.29) is 5.69 Å². The van der Waals surface area contributed by atoms with Crippen LogP contribution in [-0.4, -0.2) is 35.8 Å². The maximum atomic E-state index is 13.0. The summed E-state index contributed by atoms with van der Waals surface area (Å²) >= 11 is 5.61. The van der Waals surface area contributed by atoms with Crippen LogP contribution in [-0.2, 0) is 10.9 Å². The third kappa shape index (κ3) is 7.02. The molecule has 0 unspecified atom stereocenters. The number of halogens is 4. The van der Waals surface area contributed by atoms with Gasteiger partial charge in [0, 0.05) is 24.0 Å². The Kier molecular flexibility index (Phi) is 8.49. The van der Waals surface area contributed by atoms with Crippen molar-refractivity contribution < 1.29 is 32.2 Å². The van der Waals surface area contributed by atoms with Gasteiger partial charge in [-0.3, -0.25) is 0 Å². The third-order valence-electron chi connectivity index (χ3n) is 5.13. The Labute approximate surface area is 220 Å². The summed E-state index contributed by atoms with van der Waals surface area (Å²) in [5.74, 6) is 1.42.